The number of allylic oxidation sites excluding steroid dienone is 2. The fourth-order valence-corrected chi connectivity index (χ4v) is 1.20. The second-order valence-electron chi connectivity index (χ2n) is 2.62. The molecule has 0 aliphatic carbocycles. The third-order valence-electron chi connectivity index (χ3n) is 1.71. The molecule has 0 aromatic heterocycles. The molecule has 0 aliphatic rings. The van der Waals surface area contributed by atoms with Crippen LogP contribution in [0.5, 0.6) is 0 Å². The zero-order valence-corrected chi connectivity index (χ0v) is 8.55. The Labute approximate surface area is 83.8 Å². The van der Waals surface area contributed by atoms with Crippen molar-refractivity contribution >= 4 is 17.3 Å². The summed E-state index contributed by atoms with van der Waals surface area (Å²) in [5, 5.41) is 0.750. The zero-order chi connectivity index (χ0) is 9.68. The molecule has 1 aromatic carbocycles. The molecule has 0 bridgehead atoms. The second kappa shape index (κ2) is 4.83. The first kappa shape index (κ1) is 10.0. The van der Waals surface area contributed by atoms with E-state index in [1.165, 1.54) is 0 Å². The van der Waals surface area contributed by atoms with Crippen molar-refractivity contribution in [3.8, 4) is 0 Å². The maximum atomic E-state index is 5.78. The summed E-state index contributed by atoms with van der Waals surface area (Å²) in [5.41, 5.74) is 2.06. The summed E-state index contributed by atoms with van der Waals surface area (Å²) in [4.78, 5) is 4.16. The lowest BCUT2D eigenvalue weighted by atomic mass is 10.1. The van der Waals surface area contributed by atoms with Crippen LogP contribution in [0, 0.1) is 0 Å². The smallest absolute Gasteiger partial charge is 0.0639 e. The molecule has 0 spiro atoms. The Morgan fingerprint density at radius 2 is 1.92 bits per heavy atom. The quantitative estimate of drug-likeness (QED) is 0.639. The predicted octanol–water partition coefficient (Wildman–Crippen LogP) is 3.34. The monoisotopic (exact) mass is 193 g/mol. The fourth-order valence-electron chi connectivity index (χ4n) is 1.08. The molecule has 0 saturated heterocycles. The van der Waals surface area contributed by atoms with Crippen molar-refractivity contribution in [1.29, 1.82) is 0 Å². The molecule has 0 heterocycles. The standard InChI is InChI=1S/C11H12ClN/c1-3-4-11(13-2)9-5-7-10(12)8-6-9/h3-8H,1-2H3. The van der Waals surface area contributed by atoms with Gasteiger partial charge in [0, 0.05) is 12.1 Å². The minimum atomic E-state index is 0.750. The highest BCUT2D eigenvalue weighted by atomic mass is 35.5. The number of benzene rings is 1. The number of hydrogen-bond acceptors (Lipinski definition) is 1. The van der Waals surface area contributed by atoms with Crippen LogP contribution in [-0.4, -0.2) is 12.8 Å². The van der Waals surface area contributed by atoms with Gasteiger partial charge in [-0.25, -0.2) is 0 Å². The van der Waals surface area contributed by atoms with Crippen LogP contribution in [-0.2, 0) is 0 Å². The van der Waals surface area contributed by atoms with Crippen LogP contribution in [0.3, 0.4) is 0 Å². The molecule has 0 radical (unpaired) electrons. The Hall–Kier alpha value is -1.08. The number of nitrogens with zero attached hydrogens (tertiary/aromatic N) is 1. The SMILES string of the molecule is CC=CC(=NC)c1ccc(Cl)cc1. The van der Waals surface area contributed by atoms with Gasteiger partial charge in [-0.05, 0) is 30.7 Å². The maximum Gasteiger partial charge on any atom is 0.0639 e. The van der Waals surface area contributed by atoms with Crippen LogP contribution in [0.1, 0.15) is 12.5 Å². The van der Waals surface area contributed by atoms with E-state index in [0.717, 1.165) is 16.3 Å². The first-order valence-corrected chi connectivity index (χ1v) is 4.51. The normalized spacial score (nSPS) is 12.4. The Morgan fingerprint density at radius 3 is 2.38 bits per heavy atom. The Bertz CT molecular complexity index is 322. The van der Waals surface area contributed by atoms with Gasteiger partial charge in [0.05, 0.1) is 5.71 Å². The summed E-state index contributed by atoms with van der Waals surface area (Å²) in [6.07, 6.45) is 3.94. The molecule has 0 amide bonds. The molecule has 68 valence electrons. The van der Waals surface area contributed by atoms with Crippen LogP contribution in [0.4, 0.5) is 0 Å². The minimum absolute atomic E-state index is 0.750. The zero-order valence-electron chi connectivity index (χ0n) is 7.79. The molecule has 0 unspecified atom stereocenters. The van der Waals surface area contributed by atoms with E-state index in [9.17, 15) is 0 Å². The average Bonchev–Trinajstić information content (AvgIpc) is 2.16. The van der Waals surface area contributed by atoms with Crippen molar-refractivity contribution in [2.45, 2.75) is 6.92 Å². The Kier molecular flexibility index (Phi) is 3.71. The van der Waals surface area contributed by atoms with Crippen molar-refractivity contribution in [3.05, 3.63) is 47.0 Å². The molecular weight excluding hydrogens is 182 g/mol. The molecule has 13 heavy (non-hydrogen) atoms. The Balaban J connectivity index is 3.00. The highest BCUT2D eigenvalue weighted by Gasteiger charge is 1.96. The number of halogens is 1. The predicted molar refractivity (Wildman–Crippen MR) is 58.7 cm³/mol. The van der Waals surface area contributed by atoms with Crippen LogP contribution in [0.15, 0.2) is 41.4 Å². The molecule has 2 heteroatoms. The van der Waals surface area contributed by atoms with Crippen molar-refractivity contribution < 1.29 is 0 Å². The third-order valence-corrected chi connectivity index (χ3v) is 1.96. The molecular formula is C11H12ClN. The molecule has 1 nitrogen and oxygen atoms in total. The van der Waals surface area contributed by atoms with Crippen LogP contribution >= 0.6 is 11.6 Å². The van der Waals surface area contributed by atoms with E-state index in [2.05, 4.69) is 4.99 Å². The van der Waals surface area contributed by atoms with Gasteiger partial charge in [-0.15, -0.1) is 0 Å². The maximum absolute atomic E-state index is 5.78. The summed E-state index contributed by atoms with van der Waals surface area (Å²) in [6, 6.07) is 7.66. The van der Waals surface area contributed by atoms with Crippen LogP contribution < -0.4 is 0 Å². The van der Waals surface area contributed by atoms with Crippen LogP contribution in [0.2, 0.25) is 5.02 Å². The van der Waals surface area contributed by atoms with E-state index in [0.29, 0.717) is 0 Å². The van der Waals surface area contributed by atoms with Gasteiger partial charge in [0.25, 0.3) is 0 Å². The van der Waals surface area contributed by atoms with Crippen molar-refractivity contribution in [2.75, 3.05) is 7.05 Å². The summed E-state index contributed by atoms with van der Waals surface area (Å²) < 4.78 is 0. The molecule has 1 aromatic rings. The van der Waals surface area contributed by atoms with E-state index >= 15 is 0 Å². The largest absolute Gasteiger partial charge is 0.288 e. The summed E-state index contributed by atoms with van der Waals surface area (Å²) in [5.74, 6) is 0. The molecule has 0 aliphatic heterocycles. The van der Waals surface area contributed by atoms with E-state index < -0.39 is 0 Å². The van der Waals surface area contributed by atoms with Gasteiger partial charge in [-0.2, -0.15) is 0 Å². The summed E-state index contributed by atoms with van der Waals surface area (Å²) in [7, 11) is 1.78. The highest BCUT2D eigenvalue weighted by molar-refractivity contribution is 6.30. The average molecular weight is 194 g/mol. The van der Waals surface area contributed by atoms with Gasteiger partial charge in [0.1, 0.15) is 0 Å². The van der Waals surface area contributed by atoms with Crippen molar-refractivity contribution in [1.82, 2.24) is 0 Å². The first-order valence-electron chi connectivity index (χ1n) is 4.13. The molecule has 0 saturated carbocycles. The van der Waals surface area contributed by atoms with Gasteiger partial charge < -0.3 is 0 Å². The van der Waals surface area contributed by atoms with E-state index in [-0.39, 0.29) is 0 Å². The highest BCUT2D eigenvalue weighted by Crippen LogP contribution is 2.10. The number of rotatable bonds is 2. The molecule has 0 N–H and O–H groups in total. The molecule has 1 rings (SSSR count). The number of hydrogen-bond donors (Lipinski definition) is 0. The van der Waals surface area contributed by atoms with Crippen molar-refractivity contribution in [2.24, 2.45) is 4.99 Å². The van der Waals surface area contributed by atoms with E-state index in [4.69, 9.17) is 11.6 Å². The van der Waals surface area contributed by atoms with Gasteiger partial charge in [-0.3, -0.25) is 4.99 Å². The minimum Gasteiger partial charge on any atom is -0.288 e. The Morgan fingerprint density at radius 1 is 1.31 bits per heavy atom. The second-order valence-corrected chi connectivity index (χ2v) is 3.05. The summed E-state index contributed by atoms with van der Waals surface area (Å²) >= 11 is 5.78. The van der Waals surface area contributed by atoms with Crippen LogP contribution in [0.25, 0.3) is 0 Å². The fraction of sp³-hybridized carbons (Fsp3) is 0.182. The van der Waals surface area contributed by atoms with E-state index in [1.54, 1.807) is 7.05 Å². The van der Waals surface area contributed by atoms with Gasteiger partial charge in [0.2, 0.25) is 0 Å². The third kappa shape index (κ3) is 2.71. The number of aliphatic imine (C=N–C) groups is 1. The lowest BCUT2D eigenvalue weighted by Crippen LogP contribution is -1.95. The van der Waals surface area contributed by atoms with E-state index in [1.807, 2.05) is 43.3 Å². The van der Waals surface area contributed by atoms with Gasteiger partial charge in [0.15, 0.2) is 0 Å². The summed E-state index contributed by atoms with van der Waals surface area (Å²) in [6.45, 7) is 1.97. The van der Waals surface area contributed by atoms with Gasteiger partial charge in [-0.1, -0.05) is 29.8 Å². The van der Waals surface area contributed by atoms with Gasteiger partial charge >= 0.3 is 0 Å². The van der Waals surface area contributed by atoms with Crippen molar-refractivity contribution in [3.63, 3.8) is 0 Å². The molecule has 0 fully saturated rings. The first-order chi connectivity index (χ1) is 6.27. The molecule has 0 atom stereocenters. The lowest BCUT2D eigenvalue weighted by molar-refractivity contribution is 1.43. The lowest BCUT2D eigenvalue weighted by Gasteiger charge is -1.99. The topological polar surface area (TPSA) is 12.4 Å².